The first-order valence-corrected chi connectivity index (χ1v) is 6.22. The fourth-order valence-electron chi connectivity index (χ4n) is 2.34. The lowest BCUT2D eigenvalue weighted by molar-refractivity contribution is 0.320. The largest absolute Gasteiger partial charge is 0.486 e. The van der Waals surface area contributed by atoms with E-state index in [0.29, 0.717) is 12.4 Å². The van der Waals surface area contributed by atoms with Crippen molar-refractivity contribution in [3.05, 3.63) is 36.7 Å². The van der Waals surface area contributed by atoms with Crippen molar-refractivity contribution >= 4 is 16.7 Å². The van der Waals surface area contributed by atoms with Crippen molar-refractivity contribution in [2.75, 3.05) is 18.5 Å². The van der Waals surface area contributed by atoms with Crippen molar-refractivity contribution in [3.8, 4) is 17.1 Å². The van der Waals surface area contributed by atoms with Crippen LogP contribution in [-0.2, 0) is 0 Å². The van der Waals surface area contributed by atoms with Gasteiger partial charge >= 0.3 is 0 Å². The van der Waals surface area contributed by atoms with Crippen molar-refractivity contribution in [1.29, 1.82) is 0 Å². The lowest BCUT2D eigenvalue weighted by atomic mass is 10.1. The molecule has 0 unspecified atom stereocenters. The van der Waals surface area contributed by atoms with Gasteiger partial charge in [0.25, 0.3) is 0 Å². The highest BCUT2D eigenvalue weighted by molar-refractivity contribution is 5.93. The summed E-state index contributed by atoms with van der Waals surface area (Å²) in [6, 6.07) is 8.11. The van der Waals surface area contributed by atoms with Gasteiger partial charge in [-0.25, -0.2) is 9.97 Å². The second-order valence-corrected chi connectivity index (χ2v) is 4.43. The quantitative estimate of drug-likeness (QED) is 0.698. The lowest BCUT2D eigenvalue weighted by Gasteiger charge is -2.18. The Morgan fingerprint density at radius 2 is 2.21 bits per heavy atom. The summed E-state index contributed by atoms with van der Waals surface area (Å²) in [5, 5.41) is 4.35. The Morgan fingerprint density at radius 3 is 3.21 bits per heavy atom. The van der Waals surface area contributed by atoms with E-state index in [-0.39, 0.29) is 0 Å². The van der Waals surface area contributed by atoms with E-state index in [9.17, 15) is 0 Å². The molecule has 3 heterocycles. The van der Waals surface area contributed by atoms with E-state index in [0.717, 1.165) is 34.6 Å². The Morgan fingerprint density at radius 1 is 1.21 bits per heavy atom. The molecule has 5 nitrogen and oxygen atoms in total. The van der Waals surface area contributed by atoms with Crippen molar-refractivity contribution in [3.63, 3.8) is 0 Å². The van der Waals surface area contributed by atoms with Crippen LogP contribution in [-0.4, -0.2) is 28.1 Å². The number of nitrogens with zero attached hydrogens (tertiary/aromatic N) is 2. The number of rotatable bonds is 1. The highest BCUT2D eigenvalue weighted by Gasteiger charge is 2.14. The molecule has 0 saturated heterocycles. The minimum absolute atomic E-state index is 0.656. The Labute approximate surface area is 109 Å². The molecule has 0 aliphatic carbocycles. The molecule has 0 amide bonds. The van der Waals surface area contributed by atoms with E-state index in [1.54, 1.807) is 6.20 Å². The summed E-state index contributed by atoms with van der Waals surface area (Å²) < 4.78 is 5.49. The SMILES string of the molecule is c1cc(-c2ncc3c(n2)NCCO3)c2cc[nH]c2c1. The number of aromatic nitrogens is 3. The normalized spacial score (nSPS) is 13.7. The molecule has 4 rings (SSSR count). The number of benzene rings is 1. The van der Waals surface area contributed by atoms with Gasteiger partial charge in [-0.3, -0.25) is 0 Å². The second kappa shape index (κ2) is 3.98. The maximum atomic E-state index is 5.49. The molecular formula is C14H12N4O. The Bertz CT molecular complexity index is 750. The van der Waals surface area contributed by atoms with Gasteiger partial charge in [0, 0.05) is 22.7 Å². The second-order valence-electron chi connectivity index (χ2n) is 4.43. The summed E-state index contributed by atoms with van der Waals surface area (Å²) in [4.78, 5) is 12.2. The third-order valence-corrected chi connectivity index (χ3v) is 3.24. The van der Waals surface area contributed by atoms with Gasteiger partial charge < -0.3 is 15.0 Å². The molecule has 0 fully saturated rings. The van der Waals surface area contributed by atoms with Gasteiger partial charge in [0.1, 0.15) is 6.61 Å². The fraction of sp³-hybridized carbons (Fsp3) is 0.143. The Kier molecular flexibility index (Phi) is 2.17. The van der Waals surface area contributed by atoms with Crippen molar-refractivity contribution in [1.82, 2.24) is 15.0 Å². The molecule has 0 radical (unpaired) electrons. The van der Waals surface area contributed by atoms with Crippen LogP contribution in [0.3, 0.4) is 0 Å². The molecule has 1 aromatic carbocycles. The van der Waals surface area contributed by atoms with Crippen LogP contribution in [0, 0.1) is 0 Å². The standard InChI is InChI=1S/C14H12N4O/c1-2-10(9-4-5-15-11(9)3-1)13-17-8-12-14(18-13)16-6-7-19-12/h1-5,8,15H,6-7H2,(H,16,17,18). The van der Waals surface area contributed by atoms with Crippen LogP contribution in [0.1, 0.15) is 0 Å². The molecule has 0 spiro atoms. The number of nitrogens with one attached hydrogen (secondary N) is 2. The number of fused-ring (bicyclic) bond motifs is 2. The molecule has 94 valence electrons. The number of H-pyrrole nitrogens is 1. The zero-order valence-corrected chi connectivity index (χ0v) is 10.2. The Hall–Kier alpha value is -2.56. The van der Waals surface area contributed by atoms with Crippen LogP contribution >= 0.6 is 0 Å². The number of hydrogen-bond acceptors (Lipinski definition) is 4. The van der Waals surface area contributed by atoms with Gasteiger partial charge in [0.15, 0.2) is 17.4 Å². The maximum absolute atomic E-state index is 5.49. The first-order chi connectivity index (χ1) is 9.42. The van der Waals surface area contributed by atoms with E-state index in [1.165, 1.54) is 0 Å². The van der Waals surface area contributed by atoms with Crippen LogP contribution in [0.4, 0.5) is 5.82 Å². The van der Waals surface area contributed by atoms with Crippen molar-refractivity contribution in [2.45, 2.75) is 0 Å². The summed E-state index contributed by atoms with van der Waals surface area (Å²) in [5.41, 5.74) is 2.11. The summed E-state index contributed by atoms with van der Waals surface area (Å²) in [6.45, 7) is 1.43. The molecule has 19 heavy (non-hydrogen) atoms. The third kappa shape index (κ3) is 1.62. The molecule has 2 N–H and O–H groups in total. The minimum atomic E-state index is 0.656. The molecule has 0 atom stereocenters. The van der Waals surface area contributed by atoms with E-state index in [2.05, 4.69) is 20.3 Å². The monoisotopic (exact) mass is 252 g/mol. The lowest BCUT2D eigenvalue weighted by Crippen LogP contribution is -2.19. The summed E-state index contributed by atoms with van der Waals surface area (Å²) in [5.74, 6) is 2.20. The number of aromatic amines is 1. The summed E-state index contributed by atoms with van der Waals surface area (Å²) in [6.07, 6.45) is 3.66. The van der Waals surface area contributed by atoms with E-state index in [1.807, 2.05) is 30.5 Å². The molecule has 3 aromatic rings. The van der Waals surface area contributed by atoms with Gasteiger partial charge in [0.2, 0.25) is 0 Å². The average molecular weight is 252 g/mol. The van der Waals surface area contributed by atoms with Crippen molar-refractivity contribution in [2.24, 2.45) is 0 Å². The molecule has 1 aliphatic rings. The van der Waals surface area contributed by atoms with Gasteiger partial charge in [-0.15, -0.1) is 0 Å². The third-order valence-electron chi connectivity index (χ3n) is 3.24. The highest BCUT2D eigenvalue weighted by atomic mass is 16.5. The predicted molar refractivity (Wildman–Crippen MR) is 73.3 cm³/mol. The highest BCUT2D eigenvalue weighted by Crippen LogP contribution is 2.30. The van der Waals surface area contributed by atoms with Crippen LogP contribution in [0.5, 0.6) is 5.75 Å². The van der Waals surface area contributed by atoms with Crippen molar-refractivity contribution < 1.29 is 4.74 Å². The molecule has 0 saturated carbocycles. The topological polar surface area (TPSA) is 62.8 Å². The maximum Gasteiger partial charge on any atom is 0.179 e. The smallest absolute Gasteiger partial charge is 0.179 e. The zero-order valence-electron chi connectivity index (χ0n) is 10.2. The fourth-order valence-corrected chi connectivity index (χ4v) is 2.34. The van der Waals surface area contributed by atoms with Crippen LogP contribution < -0.4 is 10.1 Å². The number of hydrogen-bond donors (Lipinski definition) is 2. The summed E-state index contributed by atoms with van der Waals surface area (Å²) in [7, 11) is 0. The van der Waals surface area contributed by atoms with Crippen LogP contribution in [0.2, 0.25) is 0 Å². The molecular weight excluding hydrogens is 240 g/mol. The molecule has 0 bridgehead atoms. The van der Waals surface area contributed by atoms with Gasteiger partial charge in [0.05, 0.1) is 12.7 Å². The van der Waals surface area contributed by atoms with E-state index < -0.39 is 0 Å². The minimum Gasteiger partial charge on any atom is -0.486 e. The molecule has 5 heteroatoms. The van der Waals surface area contributed by atoms with Crippen LogP contribution in [0.25, 0.3) is 22.3 Å². The van der Waals surface area contributed by atoms with Gasteiger partial charge in [-0.1, -0.05) is 12.1 Å². The zero-order chi connectivity index (χ0) is 12.7. The Balaban J connectivity index is 1.90. The summed E-state index contributed by atoms with van der Waals surface area (Å²) >= 11 is 0. The average Bonchev–Trinajstić information content (AvgIpc) is 2.95. The first-order valence-electron chi connectivity index (χ1n) is 6.22. The molecule has 1 aliphatic heterocycles. The predicted octanol–water partition coefficient (Wildman–Crippen LogP) is 2.43. The molecule has 2 aromatic heterocycles. The van der Waals surface area contributed by atoms with Gasteiger partial charge in [-0.05, 0) is 12.1 Å². The van der Waals surface area contributed by atoms with E-state index in [4.69, 9.17) is 4.74 Å². The van der Waals surface area contributed by atoms with Gasteiger partial charge in [-0.2, -0.15) is 0 Å². The number of ether oxygens (including phenoxy) is 1. The van der Waals surface area contributed by atoms with E-state index >= 15 is 0 Å². The van der Waals surface area contributed by atoms with Crippen LogP contribution in [0.15, 0.2) is 36.7 Å². The first kappa shape index (κ1) is 10.4. The number of anilines is 1.